The number of aryl methyl sites for hydroxylation is 1. The van der Waals surface area contributed by atoms with E-state index < -0.39 is 0 Å². The quantitative estimate of drug-likeness (QED) is 0.153. The van der Waals surface area contributed by atoms with Gasteiger partial charge in [-0.15, -0.1) is 45.5 Å². The molecule has 0 amide bonds. The van der Waals surface area contributed by atoms with Crippen molar-refractivity contribution < 1.29 is 0 Å². The number of aromatic nitrogens is 4. The molecule has 1 saturated carbocycles. The molecule has 0 aromatic carbocycles. The fraction of sp³-hybridized carbons (Fsp3) is 0.700. The largest absolute Gasteiger partial charge is 0.356 e. The maximum absolute atomic E-state index is 4.66. The van der Waals surface area contributed by atoms with Gasteiger partial charge in [-0.1, -0.05) is 38.5 Å². The van der Waals surface area contributed by atoms with Gasteiger partial charge in [-0.25, -0.2) is 4.98 Å². The summed E-state index contributed by atoms with van der Waals surface area (Å²) < 4.78 is 2.39. The van der Waals surface area contributed by atoms with E-state index in [1.807, 2.05) is 0 Å². The Morgan fingerprint density at radius 2 is 2.07 bits per heavy atom. The zero-order valence-electron chi connectivity index (χ0n) is 18.3. The number of hydrogen-bond acceptors (Lipinski definition) is 6. The summed E-state index contributed by atoms with van der Waals surface area (Å²) in [6, 6.07) is 0.582. The molecule has 0 saturated heterocycles. The molecule has 7 nitrogen and oxygen atoms in total. The first kappa shape index (κ1) is 25.4. The highest BCUT2D eigenvalue weighted by atomic mass is 127. The van der Waals surface area contributed by atoms with E-state index in [0.29, 0.717) is 18.5 Å². The molecule has 10 heteroatoms. The van der Waals surface area contributed by atoms with Gasteiger partial charge in [-0.3, -0.25) is 4.99 Å². The Morgan fingerprint density at radius 1 is 1.30 bits per heavy atom. The number of aliphatic imine (C=N–C) groups is 1. The van der Waals surface area contributed by atoms with Crippen LogP contribution in [0, 0.1) is 0 Å². The van der Waals surface area contributed by atoms with Crippen molar-refractivity contribution in [3.05, 3.63) is 21.9 Å². The van der Waals surface area contributed by atoms with E-state index in [0.717, 1.165) is 47.0 Å². The van der Waals surface area contributed by atoms with Crippen molar-refractivity contribution >= 4 is 53.0 Å². The number of guanidine groups is 1. The van der Waals surface area contributed by atoms with Crippen LogP contribution in [-0.2, 0) is 13.0 Å². The van der Waals surface area contributed by atoms with Crippen molar-refractivity contribution in [1.82, 2.24) is 30.4 Å². The van der Waals surface area contributed by atoms with Crippen molar-refractivity contribution in [3.8, 4) is 0 Å². The Kier molecular flexibility index (Phi) is 10.9. The average molecular weight is 564 g/mol. The van der Waals surface area contributed by atoms with Crippen molar-refractivity contribution in [2.24, 2.45) is 4.99 Å². The van der Waals surface area contributed by atoms with Crippen molar-refractivity contribution in [1.29, 1.82) is 0 Å². The molecular formula is C20H34IN7S2. The third-order valence-electron chi connectivity index (χ3n) is 5.27. The van der Waals surface area contributed by atoms with Gasteiger partial charge in [0.25, 0.3) is 0 Å². The number of thioether (sulfide) groups is 1. The Balaban J connectivity index is 0.00000320. The molecule has 0 spiro atoms. The monoisotopic (exact) mass is 563 g/mol. The molecule has 2 N–H and O–H groups in total. The van der Waals surface area contributed by atoms with Crippen LogP contribution in [0.25, 0.3) is 0 Å². The van der Waals surface area contributed by atoms with E-state index >= 15 is 0 Å². The molecule has 3 rings (SSSR count). The lowest BCUT2D eigenvalue weighted by Crippen LogP contribution is -2.37. The van der Waals surface area contributed by atoms with Crippen LogP contribution in [0.5, 0.6) is 0 Å². The lowest BCUT2D eigenvalue weighted by atomic mass is 10.2. The summed E-state index contributed by atoms with van der Waals surface area (Å²) in [6.07, 6.45) is 9.15. The van der Waals surface area contributed by atoms with Gasteiger partial charge < -0.3 is 15.2 Å². The summed E-state index contributed by atoms with van der Waals surface area (Å²) in [7, 11) is 1.80. The molecular weight excluding hydrogens is 529 g/mol. The lowest BCUT2D eigenvalue weighted by Gasteiger charge is -2.16. The molecule has 1 aliphatic rings. The third-order valence-corrected chi connectivity index (χ3v) is 6.78. The van der Waals surface area contributed by atoms with Crippen LogP contribution in [-0.4, -0.2) is 45.6 Å². The van der Waals surface area contributed by atoms with Crippen LogP contribution in [0.2, 0.25) is 0 Å². The SMILES string of the molecule is CN=C(NCCCc1nnc(SC)n1C1CCCC1)NCc1nc(C(C)C)cs1.I. The summed E-state index contributed by atoms with van der Waals surface area (Å²) in [5, 5.41) is 19.9. The summed E-state index contributed by atoms with van der Waals surface area (Å²) in [5.74, 6) is 2.40. The minimum absolute atomic E-state index is 0. The highest BCUT2D eigenvalue weighted by molar-refractivity contribution is 14.0. The number of nitrogens with zero attached hydrogens (tertiary/aromatic N) is 5. The molecule has 1 fully saturated rings. The van der Waals surface area contributed by atoms with E-state index in [1.165, 1.54) is 25.7 Å². The third kappa shape index (κ3) is 6.81. The number of thiazole rings is 1. The van der Waals surface area contributed by atoms with Crippen LogP contribution in [0.3, 0.4) is 0 Å². The molecule has 168 valence electrons. The van der Waals surface area contributed by atoms with Gasteiger partial charge in [-0.05, 0) is 31.4 Å². The van der Waals surface area contributed by atoms with Gasteiger partial charge in [0, 0.05) is 31.4 Å². The Morgan fingerprint density at radius 3 is 2.70 bits per heavy atom. The summed E-state index contributed by atoms with van der Waals surface area (Å²) >= 11 is 3.40. The summed E-state index contributed by atoms with van der Waals surface area (Å²) in [4.78, 5) is 8.99. The van der Waals surface area contributed by atoms with Crippen LogP contribution >= 0.6 is 47.1 Å². The molecule has 1 aliphatic carbocycles. The molecule has 2 heterocycles. The Hall–Kier alpha value is -0.880. The van der Waals surface area contributed by atoms with Crippen LogP contribution in [0.15, 0.2) is 15.5 Å². The van der Waals surface area contributed by atoms with E-state index in [-0.39, 0.29) is 24.0 Å². The molecule has 0 radical (unpaired) electrons. The second-order valence-corrected chi connectivity index (χ2v) is 9.40. The predicted octanol–water partition coefficient (Wildman–Crippen LogP) is 4.61. The first-order chi connectivity index (χ1) is 14.1. The normalized spacial score (nSPS) is 14.9. The molecule has 0 bridgehead atoms. The average Bonchev–Trinajstić information content (AvgIpc) is 3.47. The number of nitrogens with one attached hydrogen (secondary N) is 2. The van der Waals surface area contributed by atoms with Gasteiger partial charge in [-0.2, -0.15) is 0 Å². The first-order valence-corrected chi connectivity index (χ1v) is 12.6. The van der Waals surface area contributed by atoms with Crippen LogP contribution in [0.4, 0.5) is 0 Å². The Labute approximate surface area is 205 Å². The van der Waals surface area contributed by atoms with Gasteiger partial charge in [0.15, 0.2) is 11.1 Å². The summed E-state index contributed by atoms with van der Waals surface area (Å²) in [5.41, 5.74) is 1.16. The fourth-order valence-corrected chi connectivity index (χ4v) is 5.12. The van der Waals surface area contributed by atoms with Crippen molar-refractivity contribution in [2.75, 3.05) is 19.8 Å². The second-order valence-electron chi connectivity index (χ2n) is 7.69. The second kappa shape index (κ2) is 12.8. The fourth-order valence-electron chi connectivity index (χ4n) is 3.65. The zero-order valence-corrected chi connectivity index (χ0v) is 22.3. The molecule has 2 aromatic rings. The van der Waals surface area contributed by atoms with Gasteiger partial charge in [0.05, 0.1) is 12.2 Å². The van der Waals surface area contributed by atoms with Crippen LogP contribution in [0.1, 0.15) is 74.4 Å². The number of hydrogen-bond donors (Lipinski definition) is 2. The minimum atomic E-state index is 0. The van der Waals surface area contributed by atoms with E-state index in [9.17, 15) is 0 Å². The Bertz CT molecular complexity index is 797. The van der Waals surface area contributed by atoms with Gasteiger partial charge in [0.2, 0.25) is 0 Å². The zero-order chi connectivity index (χ0) is 20.6. The minimum Gasteiger partial charge on any atom is -0.356 e. The molecule has 2 aromatic heterocycles. The van der Waals surface area contributed by atoms with E-state index in [4.69, 9.17) is 0 Å². The topological polar surface area (TPSA) is 80.0 Å². The van der Waals surface area contributed by atoms with Gasteiger partial charge >= 0.3 is 0 Å². The molecule has 0 unspecified atom stereocenters. The maximum Gasteiger partial charge on any atom is 0.191 e. The molecule has 0 atom stereocenters. The van der Waals surface area contributed by atoms with E-state index in [2.05, 4.69) is 60.9 Å². The molecule has 30 heavy (non-hydrogen) atoms. The summed E-state index contributed by atoms with van der Waals surface area (Å²) in [6.45, 7) is 5.88. The number of rotatable bonds is 9. The first-order valence-electron chi connectivity index (χ1n) is 10.5. The van der Waals surface area contributed by atoms with E-state index in [1.54, 1.807) is 30.1 Å². The standard InChI is InChI=1S/C20H33N7S2.HI/c1-14(2)16-13-29-18(24-16)12-23-19(21-3)22-11-7-10-17-25-26-20(28-4)27(17)15-8-5-6-9-15;/h13-15H,5-12H2,1-4H3,(H2,21,22,23);1H. The van der Waals surface area contributed by atoms with Crippen molar-refractivity contribution in [2.45, 2.75) is 76.0 Å². The smallest absolute Gasteiger partial charge is 0.191 e. The predicted molar refractivity (Wildman–Crippen MR) is 137 cm³/mol. The molecule has 0 aliphatic heterocycles. The van der Waals surface area contributed by atoms with Crippen molar-refractivity contribution in [3.63, 3.8) is 0 Å². The van der Waals surface area contributed by atoms with Crippen LogP contribution < -0.4 is 10.6 Å². The van der Waals surface area contributed by atoms with Gasteiger partial charge in [0.1, 0.15) is 10.8 Å². The number of halogens is 1. The lowest BCUT2D eigenvalue weighted by molar-refractivity contribution is 0.460. The maximum atomic E-state index is 4.66. The highest BCUT2D eigenvalue weighted by Gasteiger charge is 2.23. The highest BCUT2D eigenvalue weighted by Crippen LogP contribution is 2.33.